The quantitative estimate of drug-likeness (QED) is 0.357. The standard InChI is InChI=1S/C23H40O9Si/c1-13(2)22(4,5)33(9,10)32-21-19-17(30-23(6,7)31-19)16(18(29-21)20(26)27-8)28-15(25)12-11-14(3)24/h13,16-19,21H,11-12H2,1-10H3/t16-,17-,18-,19+,21-/m0/s1. The van der Waals surface area contributed by atoms with E-state index in [1.165, 1.54) is 14.0 Å². The zero-order valence-corrected chi connectivity index (χ0v) is 22.6. The van der Waals surface area contributed by atoms with Gasteiger partial charge in [0.25, 0.3) is 0 Å². The Balaban J connectivity index is 2.37. The van der Waals surface area contributed by atoms with Crippen LogP contribution in [0.4, 0.5) is 0 Å². The first-order valence-electron chi connectivity index (χ1n) is 11.5. The fourth-order valence-corrected chi connectivity index (χ4v) is 6.37. The van der Waals surface area contributed by atoms with Crippen LogP contribution in [0.25, 0.3) is 0 Å². The highest BCUT2D eigenvalue weighted by Gasteiger charge is 2.61. The molecule has 0 aromatic rings. The lowest BCUT2D eigenvalue weighted by Crippen LogP contribution is -2.63. The number of ether oxygens (including phenoxy) is 5. The fraction of sp³-hybridized carbons (Fsp3) is 0.870. The molecule has 0 aromatic carbocycles. The molecule has 2 fully saturated rings. The van der Waals surface area contributed by atoms with Gasteiger partial charge in [0.05, 0.1) is 13.5 Å². The van der Waals surface area contributed by atoms with Crippen molar-refractivity contribution < 1.29 is 42.5 Å². The number of Topliss-reactive ketones (excluding diaryl/α,β-unsaturated/α-hetero) is 1. The number of carbonyl (C=O) groups is 3. The summed E-state index contributed by atoms with van der Waals surface area (Å²) >= 11 is 0. The van der Waals surface area contributed by atoms with Crippen molar-refractivity contribution in [1.29, 1.82) is 0 Å². The molecule has 0 unspecified atom stereocenters. The predicted octanol–water partition coefficient (Wildman–Crippen LogP) is 3.34. The molecule has 0 amide bonds. The van der Waals surface area contributed by atoms with E-state index in [0.717, 1.165) is 0 Å². The summed E-state index contributed by atoms with van der Waals surface area (Å²) in [5, 5.41) is -0.113. The maximum absolute atomic E-state index is 12.7. The van der Waals surface area contributed by atoms with Gasteiger partial charge in [-0.1, -0.05) is 27.7 Å². The van der Waals surface area contributed by atoms with Crippen LogP contribution in [0.2, 0.25) is 18.1 Å². The highest BCUT2D eigenvalue weighted by atomic mass is 28.4. The van der Waals surface area contributed by atoms with Crippen LogP contribution in [0.5, 0.6) is 0 Å². The Morgan fingerprint density at radius 1 is 1.06 bits per heavy atom. The van der Waals surface area contributed by atoms with Crippen LogP contribution in [-0.4, -0.2) is 69.6 Å². The smallest absolute Gasteiger partial charge is 0.339 e. The molecule has 2 rings (SSSR count). The van der Waals surface area contributed by atoms with Gasteiger partial charge in [-0.2, -0.15) is 0 Å². The Morgan fingerprint density at radius 3 is 2.15 bits per heavy atom. The Morgan fingerprint density at radius 2 is 1.64 bits per heavy atom. The van der Waals surface area contributed by atoms with E-state index in [1.807, 2.05) is 0 Å². The molecule has 2 aliphatic rings. The molecule has 0 saturated carbocycles. The van der Waals surface area contributed by atoms with E-state index in [2.05, 4.69) is 40.8 Å². The maximum atomic E-state index is 12.7. The highest BCUT2D eigenvalue weighted by molar-refractivity contribution is 6.74. The molecule has 2 aliphatic heterocycles. The topological polar surface area (TPSA) is 107 Å². The zero-order valence-electron chi connectivity index (χ0n) is 21.6. The monoisotopic (exact) mass is 488 g/mol. The van der Waals surface area contributed by atoms with Crippen molar-refractivity contribution in [2.75, 3.05) is 7.11 Å². The Hall–Kier alpha value is -1.33. The third-order valence-corrected chi connectivity index (χ3v) is 11.6. The van der Waals surface area contributed by atoms with Crippen LogP contribution in [0.15, 0.2) is 0 Å². The van der Waals surface area contributed by atoms with Gasteiger partial charge in [0, 0.05) is 6.42 Å². The van der Waals surface area contributed by atoms with Crippen LogP contribution < -0.4 is 0 Å². The molecule has 0 bridgehead atoms. The molecule has 9 nitrogen and oxygen atoms in total. The number of fused-ring (bicyclic) bond motifs is 1. The van der Waals surface area contributed by atoms with Gasteiger partial charge in [-0.05, 0) is 44.8 Å². The lowest BCUT2D eigenvalue weighted by Gasteiger charge is -2.47. The van der Waals surface area contributed by atoms with Crippen molar-refractivity contribution in [2.45, 2.75) is 116 Å². The normalized spacial score (nSPS) is 29.5. The van der Waals surface area contributed by atoms with Crippen molar-refractivity contribution in [1.82, 2.24) is 0 Å². The lowest BCUT2D eigenvalue weighted by atomic mass is 9.98. The molecule has 5 atom stereocenters. The van der Waals surface area contributed by atoms with Crippen molar-refractivity contribution in [3.63, 3.8) is 0 Å². The summed E-state index contributed by atoms with van der Waals surface area (Å²) in [7, 11) is -1.16. The molecular weight excluding hydrogens is 448 g/mol. The van der Waals surface area contributed by atoms with Crippen LogP contribution in [0, 0.1) is 5.92 Å². The molecule has 0 aromatic heterocycles. The summed E-state index contributed by atoms with van der Waals surface area (Å²) in [5.74, 6) is -2.13. The van der Waals surface area contributed by atoms with Gasteiger partial charge in [-0.25, -0.2) is 4.79 Å². The summed E-state index contributed by atoms with van der Waals surface area (Å²) in [5.41, 5.74) is 0. The van der Waals surface area contributed by atoms with Gasteiger partial charge in [0.15, 0.2) is 32.6 Å². The first kappa shape index (κ1) is 27.9. The Labute approximate surface area is 197 Å². The first-order valence-corrected chi connectivity index (χ1v) is 14.4. The van der Waals surface area contributed by atoms with Gasteiger partial charge in [-0.15, -0.1) is 0 Å². The summed E-state index contributed by atoms with van der Waals surface area (Å²) in [4.78, 5) is 36.4. The zero-order chi connectivity index (χ0) is 25.4. The molecule has 10 heteroatoms. The number of ketones is 1. The minimum absolute atomic E-state index is 0.0437. The first-order chi connectivity index (χ1) is 15.0. The fourth-order valence-electron chi connectivity index (χ4n) is 3.91. The van der Waals surface area contributed by atoms with Crippen LogP contribution in [0.3, 0.4) is 0 Å². The number of carbonyl (C=O) groups excluding carboxylic acids is 3. The van der Waals surface area contributed by atoms with Crippen molar-refractivity contribution >= 4 is 26.0 Å². The van der Waals surface area contributed by atoms with Crippen LogP contribution in [-0.2, 0) is 42.5 Å². The van der Waals surface area contributed by atoms with Crippen LogP contribution >= 0.6 is 0 Å². The van der Waals surface area contributed by atoms with E-state index in [0.29, 0.717) is 5.92 Å². The number of rotatable bonds is 9. The average molecular weight is 489 g/mol. The van der Waals surface area contributed by atoms with Gasteiger partial charge >= 0.3 is 11.9 Å². The molecule has 190 valence electrons. The average Bonchev–Trinajstić information content (AvgIpc) is 3.02. The van der Waals surface area contributed by atoms with Crippen molar-refractivity contribution in [3.05, 3.63) is 0 Å². The minimum atomic E-state index is -2.40. The van der Waals surface area contributed by atoms with E-state index >= 15 is 0 Å². The SMILES string of the molecule is COC(=O)[C@H]1O[C@@H](O[Si](C)(C)C(C)(C)C(C)C)[C@@H]2OC(C)(C)O[C@H]2[C@@H]1OC(=O)CCC(C)=O. The third kappa shape index (κ3) is 6.22. The van der Waals surface area contributed by atoms with E-state index in [4.69, 9.17) is 28.1 Å². The van der Waals surface area contributed by atoms with Crippen molar-refractivity contribution in [2.24, 2.45) is 5.92 Å². The van der Waals surface area contributed by atoms with Gasteiger partial charge in [0.2, 0.25) is 0 Å². The number of hydrogen-bond donors (Lipinski definition) is 0. The predicted molar refractivity (Wildman–Crippen MR) is 122 cm³/mol. The number of methoxy groups -OCH3 is 1. The molecule has 33 heavy (non-hydrogen) atoms. The second-order valence-electron chi connectivity index (χ2n) is 10.7. The van der Waals surface area contributed by atoms with Gasteiger partial charge < -0.3 is 32.9 Å². The molecule has 2 heterocycles. The molecule has 2 saturated heterocycles. The van der Waals surface area contributed by atoms with Crippen LogP contribution in [0.1, 0.15) is 61.3 Å². The van der Waals surface area contributed by atoms with Crippen molar-refractivity contribution in [3.8, 4) is 0 Å². The third-order valence-electron chi connectivity index (χ3n) is 7.12. The largest absolute Gasteiger partial charge is 0.467 e. The summed E-state index contributed by atoms with van der Waals surface area (Å²) in [6, 6.07) is 0. The molecule has 0 aliphatic carbocycles. The van der Waals surface area contributed by atoms with E-state index in [-0.39, 0.29) is 23.7 Å². The maximum Gasteiger partial charge on any atom is 0.339 e. The van der Waals surface area contributed by atoms with E-state index in [1.54, 1.807) is 13.8 Å². The molecule has 0 spiro atoms. The molecular formula is C23H40O9Si. The molecule has 0 radical (unpaired) electrons. The summed E-state index contributed by atoms with van der Waals surface area (Å²) in [6.07, 6.45) is -4.87. The summed E-state index contributed by atoms with van der Waals surface area (Å²) < 4.78 is 35.4. The van der Waals surface area contributed by atoms with Gasteiger partial charge in [-0.3, -0.25) is 4.79 Å². The van der Waals surface area contributed by atoms with E-state index in [9.17, 15) is 14.4 Å². The second kappa shape index (κ2) is 10.1. The number of esters is 2. The Kier molecular flexibility index (Phi) is 8.55. The summed E-state index contributed by atoms with van der Waals surface area (Å²) in [6.45, 7) is 17.7. The second-order valence-corrected chi connectivity index (χ2v) is 15.2. The number of hydrogen-bond acceptors (Lipinski definition) is 9. The Bertz CT molecular complexity index is 746. The minimum Gasteiger partial charge on any atom is -0.467 e. The molecule has 0 N–H and O–H groups in total. The van der Waals surface area contributed by atoms with Gasteiger partial charge in [0.1, 0.15) is 18.0 Å². The highest BCUT2D eigenvalue weighted by Crippen LogP contribution is 2.47. The lowest BCUT2D eigenvalue weighted by molar-refractivity contribution is -0.257. The van der Waals surface area contributed by atoms with E-state index < -0.39 is 56.7 Å².